The van der Waals surface area contributed by atoms with Crippen LogP contribution in [0.5, 0.6) is 0 Å². The minimum atomic E-state index is -0.363. The van der Waals surface area contributed by atoms with Gasteiger partial charge in [0.25, 0.3) is 5.91 Å². The highest BCUT2D eigenvalue weighted by atomic mass is 35.5. The van der Waals surface area contributed by atoms with Crippen LogP contribution < -0.4 is 16.8 Å². The third kappa shape index (κ3) is 9.92. The van der Waals surface area contributed by atoms with E-state index in [1.165, 1.54) is 0 Å². The molecule has 62 heavy (non-hydrogen) atoms. The first-order chi connectivity index (χ1) is 29.8. The van der Waals surface area contributed by atoms with Gasteiger partial charge in [0.05, 0.1) is 17.0 Å². The lowest BCUT2D eigenvalue weighted by Gasteiger charge is -2.28. The number of nitrogen functional groups attached to an aromatic ring is 2. The van der Waals surface area contributed by atoms with Gasteiger partial charge < -0.3 is 26.4 Å². The lowest BCUT2D eigenvalue weighted by molar-refractivity contribution is 0.0138. The molecule has 4 aromatic heterocycles. The first kappa shape index (κ1) is 42.0. The zero-order valence-corrected chi connectivity index (χ0v) is 35.9. The average molecular weight is 872 g/mol. The number of hydrogen-bond donors (Lipinski definition) is 3. The molecule has 1 aliphatic rings. The van der Waals surface area contributed by atoms with Crippen molar-refractivity contribution in [2.75, 3.05) is 31.6 Å². The summed E-state index contributed by atoms with van der Waals surface area (Å²) < 4.78 is 9.46. The number of anilines is 2. The standard InChI is InChI=1S/C45H44Cl2N12O3/c1-57-15-13-34(14-16-57)62-43(61)35-12-11-29(19-31(35)20-33-25-59(3)56-41(33)37-22-39(47)54-45(49)52-37)28-9-7-26(8-10-28)23-50-42(60)30-6-4-5-27(17-30)18-32-24-58(2)55-40(32)36-21-38(46)53-44(48)51-36/h4-12,17,19,21-22,24-25,34H,13-16,18,20,23H2,1-3H3,(H,50,60)(H2,48,51,53)(H2,49,52,54). The molecule has 0 aliphatic carbocycles. The second kappa shape index (κ2) is 18.1. The van der Waals surface area contributed by atoms with Gasteiger partial charge in [-0.3, -0.25) is 14.2 Å². The molecule has 1 amide bonds. The van der Waals surface area contributed by atoms with Gasteiger partial charge in [0.1, 0.15) is 27.8 Å². The number of carbonyl (C=O) groups is 2. The number of amides is 1. The Morgan fingerprint density at radius 1 is 0.710 bits per heavy atom. The average Bonchev–Trinajstić information content (AvgIpc) is 3.80. The molecule has 0 spiro atoms. The van der Waals surface area contributed by atoms with Gasteiger partial charge in [-0.15, -0.1) is 0 Å². The number of nitrogens with one attached hydrogen (secondary N) is 1. The molecule has 0 atom stereocenters. The van der Waals surface area contributed by atoms with Crippen LogP contribution in [0.15, 0.2) is 91.3 Å². The van der Waals surface area contributed by atoms with Crippen LogP contribution in [0, 0.1) is 0 Å². The Bertz CT molecular complexity index is 2740. The molecule has 0 saturated carbocycles. The predicted octanol–water partition coefficient (Wildman–Crippen LogP) is 6.57. The summed E-state index contributed by atoms with van der Waals surface area (Å²) in [5.74, 6) is -0.466. The zero-order valence-electron chi connectivity index (χ0n) is 34.3. The molecule has 0 radical (unpaired) electrons. The molecule has 0 unspecified atom stereocenters. The van der Waals surface area contributed by atoms with E-state index >= 15 is 0 Å². The number of rotatable bonds is 12. The number of likely N-dealkylation sites (tertiary alicyclic amines) is 1. The quantitative estimate of drug-likeness (QED) is 0.0884. The zero-order chi connectivity index (χ0) is 43.5. The fourth-order valence-corrected chi connectivity index (χ4v) is 8.04. The number of aryl methyl sites for hydroxylation is 2. The van der Waals surface area contributed by atoms with Crippen LogP contribution in [0.25, 0.3) is 33.9 Å². The largest absolute Gasteiger partial charge is 0.459 e. The Kier molecular flexibility index (Phi) is 12.3. The summed E-state index contributed by atoms with van der Waals surface area (Å²) in [6.45, 7) is 2.06. The number of benzene rings is 3. The van der Waals surface area contributed by atoms with E-state index in [9.17, 15) is 9.59 Å². The van der Waals surface area contributed by atoms with Crippen molar-refractivity contribution in [1.29, 1.82) is 0 Å². The smallest absolute Gasteiger partial charge is 0.338 e. The Labute approximate surface area is 368 Å². The van der Waals surface area contributed by atoms with Gasteiger partial charge in [-0.1, -0.05) is 65.7 Å². The third-order valence-electron chi connectivity index (χ3n) is 10.7. The molecule has 0 bridgehead atoms. The topological polar surface area (TPSA) is 198 Å². The van der Waals surface area contributed by atoms with Crippen molar-refractivity contribution < 1.29 is 14.3 Å². The number of carbonyl (C=O) groups excluding carboxylic acids is 2. The Balaban J connectivity index is 0.984. The van der Waals surface area contributed by atoms with Gasteiger partial charge in [-0.05, 0) is 72.0 Å². The van der Waals surface area contributed by atoms with Crippen LogP contribution in [0.4, 0.5) is 11.9 Å². The van der Waals surface area contributed by atoms with Crippen LogP contribution in [0.1, 0.15) is 61.4 Å². The number of esters is 1. The van der Waals surface area contributed by atoms with Crippen LogP contribution >= 0.6 is 23.2 Å². The lowest BCUT2D eigenvalue weighted by atomic mass is 9.94. The van der Waals surface area contributed by atoms with Gasteiger partial charge in [-0.2, -0.15) is 10.2 Å². The van der Waals surface area contributed by atoms with E-state index in [-0.39, 0.29) is 40.2 Å². The lowest BCUT2D eigenvalue weighted by Crippen LogP contribution is -2.35. The highest BCUT2D eigenvalue weighted by Gasteiger charge is 2.24. The molecule has 1 saturated heterocycles. The van der Waals surface area contributed by atoms with E-state index in [0.717, 1.165) is 64.9 Å². The number of piperidine rings is 1. The van der Waals surface area contributed by atoms with Gasteiger partial charge >= 0.3 is 5.97 Å². The number of nitrogens with zero attached hydrogens (tertiary/aromatic N) is 9. The fraction of sp³-hybridized carbons (Fsp3) is 0.244. The molecule has 316 valence electrons. The Morgan fingerprint density at radius 3 is 1.92 bits per heavy atom. The molecule has 1 aliphatic heterocycles. The van der Waals surface area contributed by atoms with Crippen molar-refractivity contribution in [1.82, 2.24) is 49.7 Å². The van der Waals surface area contributed by atoms with Crippen molar-refractivity contribution in [3.63, 3.8) is 0 Å². The maximum atomic E-state index is 13.8. The van der Waals surface area contributed by atoms with Gasteiger partial charge in [0.2, 0.25) is 11.9 Å². The van der Waals surface area contributed by atoms with E-state index in [1.54, 1.807) is 27.6 Å². The normalized spacial score (nSPS) is 13.3. The van der Waals surface area contributed by atoms with Crippen LogP contribution in [-0.4, -0.2) is 82.5 Å². The minimum Gasteiger partial charge on any atom is -0.459 e. The van der Waals surface area contributed by atoms with Gasteiger partial charge in [0.15, 0.2) is 0 Å². The van der Waals surface area contributed by atoms with Crippen molar-refractivity contribution in [2.24, 2.45) is 14.1 Å². The molecule has 7 aromatic rings. The van der Waals surface area contributed by atoms with Crippen molar-refractivity contribution in [3.8, 4) is 33.9 Å². The maximum Gasteiger partial charge on any atom is 0.338 e. The summed E-state index contributed by atoms with van der Waals surface area (Å²) in [5.41, 5.74) is 21.2. The molecule has 5 heterocycles. The second-order valence-corrected chi connectivity index (χ2v) is 16.2. The van der Waals surface area contributed by atoms with Crippen molar-refractivity contribution in [2.45, 2.75) is 38.3 Å². The van der Waals surface area contributed by atoms with Crippen molar-refractivity contribution >= 4 is 47.0 Å². The Hall–Kier alpha value is -6.68. The van der Waals surface area contributed by atoms with E-state index in [0.29, 0.717) is 53.3 Å². The Morgan fingerprint density at radius 2 is 1.31 bits per heavy atom. The first-order valence-electron chi connectivity index (χ1n) is 20.0. The number of hydrogen-bond acceptors (Lipinski definition) is 12. The highest BCUT2D eigenvalue weighted by molar-refractivity contribution is 6.30. The maximum absolute atomic E-state index is 13.8. The molecule has 8 rings (SSSR count). The number of ether oxygens (including phenoxy) is 1. The monoisotopic (exact) mass is 870 g/mol. The number of halogens is 2. The van der Waals surface area contributed by atoms with Crippen LogP contribution in [0.2, 0.25) is 10.3 Å². The summed E-state index contributed by atoms with van der Waals surface area (Å²) in [6, 6.07) is 24.5. The highest BCUT2D eigenvalue weighted by Crippen LogP contribution is 2.31. The van der Waals surface area contributed by atoms with Crippen LogP contribution in [-0.2, 0) is 38.2 Å². The molecule has 3 aromatic carbocycles. The third-order valence-corrected chi connectivity index (χ3v) is 11.1. The van der Waals surface area contributed by atoms with E-state index in [1.807, 2.05) is 87.2 Å². The summed E-state index contributed by atoms with van der Waals surface area (Å²) in [5, 5.41) is 12.7. The SMILES string of the molecule is CN1CCC(OC(=O)c2ccc(-c3ccc(CNC(=O)c4cccc(Cc5cn(C)nc5-c5cc(Cl)nc(N)n5)c4)cc3)cc2Cc2cn(C)nc2-c2cc(Cl)nc(N)n2)CC1. The predicted molar refractivity (Wildman–Crippen MR) is 238 cm³/mol. The molecule has 1 fully saturated rings. The van der Waals surface area contributed by atoms with E-state index in [2.05, 4.69) is 47.4 Å². The molecule has 17 heteroatoms. The van der Waals surface area contributed by atoms with Crippen LogP contribution in [0.3, 0.4) is 0 Å². The number of nitrogens with two attached hydrogens (primary N) is 2. The summed E-state index contributed by atoms with van der Waals surface area (Å²) >= 11 is 12.4. The fourth-order valence-electron chi connectivity index (χ4n) is 7.66. The first-order valence-corrected chi connectivity index (χ1v) is 20.7. The van der Waals surface area contributed by atoms with E-state index in [4.69, 9.17) is 39.4 Å². The summed E-state index contributed by atoms with van der Waals surface area (Å²) in [7, 11) is 5.72. The summed E-state index contributed by atoms with van der Waals surface area (Å²) in [4.78, 5) is 46.1. The van der Waals surface area contributed by atoms with Crippen molar-refractivity contribution in [3.05, 3.63) is 141 Å². The van der Waals surface area contributed by atoms with Gasteiger partial charge in [-0.25, -0.2) is 24.7 Å². The summed E-state index contributed by atoms with van der Waals surface area (Å²) in [6.07, 6.45) is 6.07. The number of aromatic nitrogens is 8. The molecule has 5 N–H and O–H groups in total. The molecular formula is C45H44Cl2N12O3. The van der Waals surface area contributed by atoms with Gasteiger partial charge in [0, 0.05) is 87.8 Å². The molecule has 15 nitrogen and oxygen atoms in total. The van der Waals surface area contributed by atoms with E-state index < -0.39 is 0 Å². The minimum absolute atomic E-state index is 0.0374. The second-order valence-electron chi connectivity index (χ2n) is 15.4. The molecular weight excluding hydrogens is 827 g/mol.